The largest absolute Gasteiger partial charge is 0.462 e. The van der Waals surface area contributed by atoms with E-state index in [1.54, 1.807) is 34.6 Å². The van der Waals surface area contributed by atoms with E-state index in [-0.39, 0.29) is 25.9 Å². The first-order chi connectivity index (χ1) is 13.1. The number of carbonyl (C=O) groups is 4. The second-order valence-electron chi connectivity index (χ2n) is 7.10. The minimum absolute atomic E-state index is 0.0392. The van der Waals surface area contributed by atoms with Crippen LogP contribution in [0, 0.1) is 0 Å². The fourth-order valence-electron chi connectivity index (χ4n) is 2.53. The predicted octanol–water partition coefficient (Wildman–Crippen LogP) is 1.98. The first-order valence-electron chi connectivity index (χ1n) is 9.31. The summed E-state index contributed by atoms with van der Waals surface area (Å²) >= 11 is 0. The van der Waals surface area contributed by atoms with Gasteiger partial charge in [0.25, 0.3) is 0 Å². The molecule has 0 spiro atoms. The van der Waals surface area contributed by atoms with Crippen LogP contribution in [-0.2, 0) is 33.3 Å². The summed E-state index contributed by atoms with van der Waals surface area (Å²) in [6.45, 7) is 8.97. The van der Waals surface area contributed by atoms with E-state index >= 15 is 0 Å². The van der Waals surface area contributed by atoms with Crippen molar-refractivity contribution >= 4 is 24.0 Å². The fraction of sp³-hybridized carbons (Fsp3) is 0.684. The van der Waals surface area contributed by atoms with Crippen LogP contribution in [-0.4, -0.2) is 66.9 Å². The second-order valence-corrected chi connectivity index (χ2v) is 7.10. The normalized spacial score (nSPS) is 16.2. The van der Waals surface area contributed by atoms with Gasteiger partial charge in [0.2, 0.25) is 0 Å². The molecule has 28 heavy (non-hydrogen) atoms. The van der Waals surface area contributed by atoms with Gasteiger partial charge in [0.15, 0.2) is 5.57 Å². The van der Waals surface area contributed by atoms with E-state index in [9.17, 15) is 19.2 Å². The van der Waals surface area contributed by atoms with Gasteiger partial charge in [-0.2, -0.15) is 0 Å². The highest BCUT2D eigenvalue weighted by atomic mass is 16.6. The number of likely N-dealkylation sites (tertiary alicyclic amines) is 1. The lowest BCUT2D eigenvalue weighted by atomic mass is 10.2. The molecule has 1 rings (SSSR count). The molecule has 0 aromatic heterocycles. The maximum absolute atomic E-state index is 12.2. The number of carbonyl (C=O) groups excluding carboxylic acids is 4. The van der Waals surface area contributed by atoms with Crippen molar-refractivity contribution in [2.45, 2.75) is 59.1 Å². The topological polar surface area (TPSA) is 108 Å². The summed E-state index contributed by atoms with van der Waals surface area (Å²) < 4.78 is 20.0. The molecule has 1 aliphatic rings. The molecule has 9 heteroatoms. The number of hydrogen-bond acceptors (Lipinski definition) is 8. The summed E-state index contributed by atoms with van der Waals surface area (Å²) in [5.41, 5.74) is -1.17. The van der Waals surface area contributed by atoms with E-state index in [1.807, 2.05) is 0 Å². The Kier molecular flexibility index (Phi) is 8.94. The summed E-state index contributed by atoms with van der Waals surface area (Å²) in [5.74, 6) is -2.82. The Hall–Kier alpha value is -2.58. The Balaban J connectivity index is 2.74. The number of rotatable bonds is 7. The number of nitrogens with zero attached hydrogens (tertiary/aromatic N) is 1. The number of hydrogen-bond donors (Lipinski definition) is 0. The van der Waals surface area contributed by atoms with Crippen LogP contribution < -0.4 is 0 Å². The van der Waals surface area contributed by atoms with Gasteiger partial charge in [-0.05, 0) is 47.5 Å². The van der Waals surface area contributed by atoms with Crippen molar-refractivity contribution < 1.29 is 38.1 Å². The Morgan fingerprint density at radius 2 is 1.57 bits per heavy atom. The molecule has 9 nitrogen and oxygen atoms in total. The third-order valence-electron chi connectivity index (χ3n) is 3.68. The van der Waals surface area contributed by atoms with Gasteiger partial charge in [0.05, 0.1) is 19.3 Å². The van der Waals surface area contributed by atoms with Crippen molar-refractivity contribution in [2.24, 2.45) is 0 Å². The van der Waals surface area contributed by atoms with Gasteiger partial charge >= 0.3 is 24.0 Å². The highest BCUT2D eigenvalue weighted by Crippen LogP contribution is 2.21. The molecule has 1 fully saturated rings. The molecule has 1 amide bonds. The lowest BCUT2D eigenvalue weighted by molar-refractivity contribution is -0.148. The summed E-state index contributed by atoms with van der Waals surface area (Å²) in [5, 5.41) is 0. The van der Waals surface area contributed by atoms with E-state index in [2.05, 4.69) is 0 Å². The van der Waals surface area contributed by atoms with E-state index in [1.165, 1.54) is 4.90 Å². The average Bonchev–Trinajstić information content (AvgIpc) is 3.05. The molecule has 1 saturated heterocycles. The van der Waals surface area contributed by atoms with Crippen LogP contribution >= 0.6 is 0 Å². The van der Waals surface area contributed by atoms with Gasteiger partial charge in [-0.15, -0.1) is 0 Å². The molecular weight excluding hydrogens is 370 g/mol. The zero-order chi connectivity index (χ0) is 21.3. The van der Waals surface area contributed by atoms with Crippen molar-refractivity contribution in [1.82, 2.24) is 4.90 Å². The molecular formula is C19H29NO8. The van der Waals surface area contributed by atoms with Crippen molar-refractivity contribution in [1.29, 1.82) is 0 Å². The lowest BCUT2D eigenvalue weighted by Crippen LogP contribution is -2.42. The van der Waals surface area contributed by atoms with Crippen LogP contribution in [0.3, 0.4) is 0 Å². The molecule has 0 aromatic rings. The van der Waals surface area contributed by atoms with Crippen LogP contribution in [0.4, 0.5) is 4.79 Å². The summed E-state index contributed by atoms with van der Waals surface area (Å²) in [6, 6.07) is -0.333. The fourth-order valence-corrected chi connectivity index (χ4v) is 2.53. The second kappa shape index (κ2) is 10.7. The third kappa shape index (κ3) is 7.58. The molecule has 0 aromatic carbocycles. The maximum atomic E-state index is 12.2. The van der Waals surface area contributed by atoms with Gasteiger partial charge in [-0.25, -0.2) is 19.2 Å². The van der Waals surface area contributed by atoms with Crippen molar-refractivity contribution in [2.75, 3.05) is 26.4 Å². The van der Waals surface area contributed by atoms with Gasteiger partial charge in [-0.3, -0.25) is 0 Å². The maximum Gasteiger partial charge on any atom is 0.410 e. The lowest BCUT2D eigenvalue weighted by Gasteiger charge is -2.28. The van der Waals surface area contributed by atoms with Gasteiger partial charge in [0.1, 0.15) is 12.2 Å². The molecule has 0 radical (unpaired) electrons. The first kappa shape index (κ1) is 23.5. The Labute approximate surface area is 164 Å². The molecule has 1 heterocycles. The van der Waals surface area contributed by atoms with E-state index in [4.69, 9.17) is 18.9 Å². The van der Waals surface area contributed by atoms with Crippen LogP contribution in [0.25, 0.3) is 0 Å². The van der Waals surface area contributed by atoms with E-state index < -0.39 is 35.2 Å². The first-order valence-corrected chi connectivity index (χ1v) is 9.31. The van der Waals surface area contributed by atoms with Crippen molar-refractivity contribution in [3.05, 3.63) is 11.6 Å². The van der Waals surface area contributed by atoms with Gasteiger partial charge in [-0.1, -0.05) is 0 Å². The average molecular weight is 399 g/mol. The zero-order valence-electron chi connectivity index (χ0n) is 17.1. The summed E-state index contributed by atoms with van der Waals surface area (Å²) in [4.78, 5) is 49.6. The van der Waals surface area contributed by atoms with Crippen LogP contribution in [0.2, 0.25) is 0 Å². The van der Waals surface area contributed by atoms with Crippen LogP contribution in [0.1, 0.15) is 47.5 Å². The van der Waals surface area contributed by atoms with Crippen molar-refractivity contribution in [3.8, 4) is 0 Å². The minimum atomic E-state index is -0.964. The highest BCUT2D eigenvalue weighted by molar-refractivity contribution is 6.17. The molecule has 0 bridgehead atoms. The number of ether oxygens (including phenoxy) is 4. The minimum Gasteiger partial charge on any atom is -0.462 e. The highest BCUT2D eigenvalue weighted by Gasteiger charge is 2.33. The number of esters is 3. The Morgan fingerprint density at radius 1 is 1.00 bits per heavy atom. The summed E-state index contributed by atoms with van der Waals surface area (Å²) in [7, 11) is 0. The van der Waals surface area contributed by atoms with Crippen molar-refractivity contribution in [3.63, 3.8) is 0 Å². The molecule has 0 saturated carbocycles. The molecule has 0 unspecified atom stereocenters. The van der Waals surface area contributed by atoms with Crippen LogP contribution in [0.5, 0.6) is 0 Å². The standard InChI is InChI=1S/C19H29NO8/c1-6-25-16(22)14(17(23)26-7-2)11-15(21)27-12-13-9-8-10-20(13)18(24)28-19(3,4)5/h11,13H,6-10,12H2,1-5H3/t13-/m0/s1. The zero-order valence-corrected chi connectivity index (χ0v) is 17.1. The molecule has 158 valence electrons. The van der Waals surface area contributed by atoms with Gasteiger partial charge < -0.3 is 23.8 Å². The van der Waals surface area contributed by atoms with Gasteiger partial charge in [0, 0.05) is 12.6 Å². The van der Waals surface area contributed by atoms with Crippen LogP contribution in [0.15, 0.2) is 11.6 Å². The summed E-state index contributed by atoms with van der Waals surface area (Å²) in [6.07, 6.45) is 1.69. The third-order valence-corrected chi connectivity index (χ3v) is 3.68. The predicted molar refractivity (Wildman–Crippen MR) is 98.3 cm³/mol. The molecule has 0 N–H and O–H groups in total. The molecule has 0 aliphatic carbocycles. The SMILES string of the molecule is CCOC(=O)C(=CC(=O)OC[C@@H]1CCCN1C(=O)OC(C)(C)C)C(=O)OCC. The molecule has 1 atom stereocenters. The quantitative estimate of drug-likeness (QED) is 0.210. The smallest absolute Gasteiger partial charge is 0.410 e. The monoisotopic (exact) mass is 399 g/mol. The Bertz CT molecular complexity index is 600. The number of amides is 1. The molecule has 1 aliphatic heterocycles. The van der Waals surface area contributed by atoms with E-state index in [0.717, 1.165) is 12.5 Å². The van der Waals surface area contributed by atoms with E-state index in [0.29, 0.717) is 13.0 Å². The Morgan fingerprint density at radius 3 is 2.07 bits per heavy atom.